The van der Waals surface area contributed by atoms with E-state index in [9.17, 15) is 18.9 Å². The number of halogens is 2. The Bertz CT molecular complexity index is 598. The highest BCUT2D eigenvalue weighted by atomic mass is 19.1. The molecule has 0 fully saturated rings. The number of aromatic nitrogens is 2. The average Bonchev–Trinajstić information content (AvgIpc) is 2.81. The van der Waals surface area contributed by atoms with E-state index in [0.717, 1.165) is 18.2 Å². The number of rotatable bonds is 3. The SMILES string of the molecule is CC(c1cc(F)ccc1F)n1ccc([N+](=O)[O-])n1. The molecule has 18 heavy (non-hydrogen) atoms. The Hall–Kier alpha value is -2.31. The fourth-order valence-corrected chi connectivity index (χ4v) is 1.62. The maximum absolute atomic E-state index is 13.5. The first kappa shape index (κ1) is 12.2. The summed E-state index contributed by atoms with van der Waals surface area (Å²) in [6, 6.07) is 3.64. The summed E-state index contributed by atoms with van der Waals surface area (Å²) in [6.07, 6.45) is 1.35. The van der Waals surface area contributed by atoms with Crippen molar-refractivity contribution in [3.05, 3.63) is 57.8 Å². The molecular formula is C11H9F2N3O2. The highest BCUT2D eigenvalue weighted by Gasteiger charge is 2.19. The molecule has 1 aromatic carbocycles. The predicted molar refractivity (Wildman–Crippen MR) is 59.1 cm³/mol. The number of nitrogens with zero attached hydrogens (tertiary/aromatic N) is 3. The Morgan fingerprint density at radius 3 is 2.72 bits per heavy atom. The van der Waals surface area contributed by atoms with Gasteiger partial charge in [-0.25, -0.2) is 8.78 Å². The first-order chi connectivity index (χ1) is 8.49. The molecule has 1 unspecified atom stereocenters. The monoisotopic (exact) mass is 253 g/mol. The van der Waals surface area contributed by atoms with Gasteiger partial charge in [0.1, 0.15) is 11.6 Å². The van der Waals surface area contributed by atoms with Gasteiger partial charge in [0.15, 0.2) is 0 Å². The van der Waals surface area contributed by atoms with Crippen molar-refractivity contribution in [1.29, 1.82) is 0 Å². The second kappa shape index (κ2) is 4.52. The zero-order valence-corrected chi connectivity index (χ0v) is 9.38. The second-order valence-corrected chi connectivity index (χ2v) is 3.75. The summed E-state index contributed by atoms with van der Waals surface area (Å²) in [5, 5.41) is 14.2. The van der Waals surface area contributed by atoms with Crippen LogP contribution in [-0.4, -0.2) is 14.7 Å². The normalized spacial score (nSPS) is 12.4. The summed E-state index contributed by atoms with van der Waals surface area (Å²) in [6.45, 7) is 1.58. The van der Waals surface area contributed by atoms with Crippen LogP contribution >= 0.6 is 0 Å². The first-order valence-corrected chi connectivity index (χ1v) is 5.13. The Kier molecular flexibility index (Phi) is 3.05. The standard InChI is InChI=1S/C11H9F2N3O2/c1-7(9-6-8(12)2-3-10(9)13)15-5-4-11(14-15)16(17)18/h2-7H,1H3. The van der Waals surface area contributed by atoms with Gasteiger partial charge >= 0.3 is 5.82 Å². The molecule has 1 heterocycles. The van der Waals surface area contributed by atoms with Crippen LogP contribution in [0.25, 0.3) is 0 Å². The minimum absolute atomic E-state index is 0.0907. The topological polar surface area (TPSA) is 61.0 Å². The number of hydrogen-bond acceptors (Lipinski definition) is 3. The van der Waals surface area contributed by atoms with E-state index in [2.05, 4.69) is 5.10 Å². The third-order valence-corrected chi connectivity index (χ3v) is 2.59. The van der Waals surface area contributed by atoms with Crippen molar-refractivity contribution in [3.8, 4) is 0 Å². The lowest BCUT2D eigenvalue weighted by Crippen LogP contribution is -2.10. The number of benzene rings is 1. The van der Waals surface area contributed by atoms with Gasteiger partial charge in [-0.05, 0) is 30.0 Å². The van der Waals surface area contributed by atoms with Crippen LogP contribution in [0.15, 0.2) is 30.5 Å². The average molecular weight is 253 g/mol. The zero-order chi connectivity index (χ0) is 13.3. The Morgan fingerprint density at radius 1 is 1.39 bits per heavy atom. The lowest BCUT2D eigenvalue weighted by molar-refractivity contribution is -0.389. The van der Waals surface area contributed by atoms with Crippen LogP contribution in [0.2, 0.25) is 0 Å². The van der Waals surface area contributed by atoms with Crippen molar-refractivity contribution in [2.45, 2.75) is 13.0 Å². The second-order valence-electron chi connectivity index (χ2n) is 3.75. The van der Waals surface area contributed by atoms with E-state index in [-0.39, 0.29) is 11.4 Å². The van der Waals surface area contributed by atoms with E-state index < -0.39 is 22.6 Å². The van der Waals surface area contributed by atoms with Gasteiger partial charge in [0.05, 0.1) is 23.4 Å². The van der Waals surface area contributed by atoms with E-state index in [4.69, 9.17) is 0 Å². The van der Waals surface area contributed by atoms with Crippen LogP contribution in [0.4, 0.5) is 14.6 Å². The molecule has 1 aromatic heterocycles. The maximum Gasteiger partial charge on any atom is 0.389 e. The first-order valence-electron chi connectivity index (χ1n) is 5.13. The minimum Gasteiger partial charge on any atom is -0.358 e. The molecule has 1 atom stereocenters. The summed E-state index contributed by atoms with van der Waals surface area (Å²) in [7, 11) is 0. The summed E-state index contributed by atoms with van der Waals surface area (Å²) >= 11 is 0. The smallest absolute Gasteiger partial charge is 0.358 e. The summed E-state index contributed by atoms with van der Waals surface area (Å²) in [5.41, 5.74) is 0.0907. The van der Waals surface area contributed by atoms with Gasteiger partial charge in [-0.2, -0.15) is 4.68 Å². The number of hydrogen-bond donors (Lipinski definition) is 0. The van der Waals surface area contributed by atoms with Gasteiger partial charge in [0.25, 0.3) is 0 Å². The van der Waals surface area contributed by atoms with E-state index in [0.29, 0.717) is 0 Å². The fourth-order valence-electron chi connectivity index (χ4n) is 1.62. The van der Waals surface area contributed by atoms with Gasteiger partial charge in [-0.1, -0.05) is 0 Å². The summed E-state index contributed by atoms with van der Waals surface area (Å²) < 4.78 is 27.8. The van der Waals surface area contributed by atoms with Crippen molar-refractivity contribution in [1.82, 2.24) is 9.78 Å². The van der Waals surface area contributed by atoms with Crippen LogP contribution in [0.1, 0.15) is 18.5 Å². The van der Waals surface area contributed by atoms with Crippen LogP contribution in [0, 0.1) is 21.7 Å². The molecule has 2 rings (SSSR count). The van der Waals surface area contributed by atoms with Crippen molar-refractivity contribution in [2.24, 2.45) is 0 Å². The van der Waals surface area contributed by atoms with E-state index >= 15 is 0 Å². The van der Waals surface area contributed by atoms with Gasteiger partial charge in [-0.15, -0.1) is 0 Å². The molecule has 0 aliphatic rings. The lowest BCUT2D eigenvalue weighted by atomic mass is 10.1. The fraction of sp³-hybridized carbons (Fsp3) is 0.182. The Balaban J connectivity index is 2.37. The van der Waals surface area contributed by atoms with E-state index in [1.165, 1.54) is 16.9 Å². The van der Waals surface area contributed by atoms with Gasteiger partial charge in [0.2, 0.25) is 0 Å². The zero-order valence-electron chi connectivity index (χ0n) is 9.38. The third-order valence-electron chi connectivity index (χ3n) is 2.59. The Morgan fingerprint density at radius 2 is 2.11 bits per heavy atom. The molecule has 7 heteroatoms. The molecule has 0 radical (unpaired) electrons. The van der Waals surface area contributed by atoms with Crippen LogP contribution in [-0.2, 0) is 0 Å². The summed E-state index contributed by atoms with van der Waals surface area (Å²) in [4.78, 5) is 9.84. The third kappa shape index (κ3) is 2.20. The molecule has 0 aliphatic heterocycles. The van der Waals surface area contributed by atoms with E-state index in [1.54, 1.807) is 6.92 Å². The van der Waals surface area contributed by atoms with Gasteiger partial charge < -0.3 is 10.1 Å². The molecule has 0 saturated heterocycles. The van der Waals surface area contributed by atoms with Crippen molar-refractivity contribution < 1.29 is 13.7 Å². The molecule has 94 valence electrons. The quantitative estimate of drug-likeness (QED) is 0.624. The Labute approximate surface area is 101 Å². The minimum atomic E-state index is -0.648. The molecule has 0 spiro atoms. The largest absolute Gasteiger partial charge is 0.389 e. The predicted octanol–water partition coefficient (Wildman–Crippen LogP) is 2.68. The maximum atomic E-state index is 13.5. The van der Waals surface area contributed by atoms with Crippen LogP contribution in [0.3, 0.4) is 0 Å². The van der Waals surface area contributed by atoms with Crippen molar-refractivity contribution in [3.63, 3.8) is 0 Å². The van der Waals surface area contributed by atoms with Gasteiger partial charge in [0, 0.05) is 5.56 Å². The molecule has 0 saturated carbocycles. The summed E-state index contributed by atoms with van der Waals surface area (Å²) in [5.74, 6) is -1.49. The molecule has 0 bridgehead atoms. The molecule has 0 N–H and O–H groups in total. The lowest BCUT2D eigenvalue weighted by Gasteiger charge is -2.10. The highest BCUT2D eigenvalue weighted by molar-refractivity contribution is 5.24. The van der Waals surface area contributed by atoms with E-state index in [1.807, 2.05) is 0 Å². The molecule has 2 aromatic rings. The molecule has 0 amide bonds. The van der Waals surface area contributed by atoms with Crippen LogP contribution < -0.4 is 0 Å². The molecule has 5 nitrogen and oxygen atoms in total. The van der Waals surface area contributed by atoms with Crippen molar-refractivity contribution in [2.75, 3.05) is 0 Å². The highest BCUT2D eigenvalue weighted by Crippen LogP contribution is 2.22. The van der Waals surface area contributed by atoms with Crippen LogP contribution in [0.5, 0.6) is 0 Å². The molecule has 0 aliphatic carbocycles. The number of nitro groups is 1. The van der Waals surface area contributed by atoms with Gasteiger partial charge in [-0.3, -0.25) is 0 Å². The van der Waals surface area contributed by atoms with Crippen molar-refractivity contribution >= 4 is 5.82 Å². The molecular weight excluding hydrogens is 244 g/mol.